The fourth-order valence-electron chi connectivity index (χ4n) is 3.24. The standard InChI is InChI=1S/C27H30N2O4/c1-3-32-24-13-9-23(10-14-24)26(30)15-16-27(31)29-28-18-21-7-11-25(12-8-21)33-19-22-6-4-5-20(2)17-22/h4-14,17-18,26,30H,3,15-16,19H2,1-2H3,(H,29,31)/b28-18-/t26-/m1/s1. The van der Waals surface area contributed by atoms with Crippen LogP contribution in [0, 0.1) is 6.92 Å². The second kappa shape index (κ2) is 12.4. The van der Waals surface area contributed by atoms with Crippen LogP contribution in [0.25, 0.3) is 0 Å². The minimum absolute atomic E-state index is 0.164. The minimum atomic E-state index is -0.720. The lowest BCUT2D eigenvalue weighted by molar-refractivity contribution is -0.121. The first-order chi connectivity index (χ1) is 16.0. The number of carbonyl (C=O) groups is 1. The first-order valence-corrected chi connectivity index (χ1v) is 11.0. The van der Waals surface area contributed by atoms with Crippen molar-refractivity contribution in [2.75, 3.05) is 6.61 Å². The van der Waals surface area contributed by atoms with Crippen molar-refractivity contribution < 1.29 is 19.4 Å². The molecule has 6 heteroatoms. The molecule has 0 fully saturated rings. The van der Waals surface area contributed by atoms with Crippen molar-refractivity contribution in [1.29, 1.82) is 0 Å². The highest BCUT2D eigenvalue weighted by Crippen LogP contribution is 2.21. The molecule has 3 rings (SSSR count). The molecule has 0 spiro atoms. The molecule has 3 aromatic carbocycles. The molecule has 0 heterocycles. The van der Waals surface area contributed by atoms with Crippen molar-refractivity contribution in [3.63, 3.8) is 0 Å². The van der Waals surface area contributed by atoms with Gasteiger partial charge >= 0.3 is 0 Å². The molecule has 0 saturated heterocycles. The molecule has 33 heavy (non-hydrogen) atoms. The van der Waals surface area contributed by atoms with Gasteiger partial charge in [0.2, 0.25) is 5.91 Å². The van der Waals surface area contributed by atoms with Crippen LogP contribution in [0.2, 0.25) is 0 Å². The van der Waals surface area contributed by atoms with E-state index in [1.165, 1.54) is 5.56 Å². The van der Waals surface area contributed by atoms with Crippen molar-refractivity contribution >= 4 is 12.1 Å². The molecule has 0 aliphatic carbocycles. The number of hydrogen-bond donors (Lipinski definition) is 2. The van der Waals surface area contributed by atoms with Crippen LogP contribution in [0.3, 0.4) is 0 Å². The maximum Gasteiger partial charge on any atom is 0.240 e. The Labute approximate surface area is 194 Å². The van der Waals surface area contributed by atoms with E-state index in [1.54, 1.807) is 18.3 Å². The number of aliphatic hydroxyl groups excluding tert-OH is 1. The van der Waals surface area contributed by atoms with E-state index in [0.717, 1.165) is 28.2 Å². The number of aryl methyl sites for hydroxylation is 1. The number of nitrogens with zero attached hydrogens (tertiary/aromatic N) is 1. The van der Waals surface area contributed by atoms with Crippen molar-refractivity contribution in [2.45, 2.75) is 39.4 Å². The second-order valence-corrected chi connectivity index (χ2v) is 7.70. The van der Waals surface area contributed by atoms with Gasteiger partial charge in [0.1, 0.15) is 18.1 Å². The van der Waals surface area contributed by atoms with Gasteiger partial charge in [-0.25, -0.2) is 5.43 Å². The first kappa shape index (κ1) is 24.0. The Hall–Kier alpha value is -3.64. The lowest BCUT2D eigenvalue weighted by Crippen LogP contribution is -2.18. The third-order valence-corrected chi connectivity index (χ3v) is 4.99. The molecule has 0 radical (unpaired) electrons. The third-order valence-electron chi connectivity index (χ3n) is 4.99. The van der Waals surface area contributed by atoms with Crippen LogP contribution in [0.5, 0.6) is 11.5 Å². The summed E-state index contributed by atoms with van der Waals surface area (Å²) in [6.07, 6.45) is 1.33. The highest BCUT2D eigenvalue weighted by atomic mass is 16.5. The highest BCUT2D eigenvalue weighted by molar-refractivity contribution is 5.82. The Kier molecular flexibility index (Phi) is 9.03. The quantitative estimate of drug-likeness (QED) is 0.323. The Bertz CT molecular complexity index is 1050. The van der Waals surface area contributed by atoms with Gasteiger partial charge in [-0.3, -0.25) is 4.79 Å². The number of benzene rings is 3. The second-order valence-electron chi connectivity index (χ2n) is 7.70. The fraction of sp³-hybridized carbons (Fsp3) is 0.259. The van der Waals surface area contributed by atoms with Gasteiger partial charge in [0.25, 0.3) is 0 Å². The van der Waals surface area contributed by atoms with E-state index in [4.69, 9.17) is 9.47 Å². The van der Waals surface area contributed by atoms with Gasteiger partial charge < -0.3 is 14.6 Å². The van der Waals surface area contributed by atoms with E-state index in [0.29, 0.717) is 19.6 Å². The molecular formula is C27H30N2O4. The van der Waals surface area contributed by atoms with Gasteiger partial charge in [0.15, 0.2) is 0 Å². The van der Waals surface area contributed by atoms with Crippen LogP contribution < -0.4 is 14.9 Å². The Morgan fingerprint density at radius 3 is 2.42 bits per heavy atom. The van der Waals surface area contributed by atoms with Crippen LogP contribution in [-0.2, 0) is 11.4 Å². The van der Waals surface area contributed by atoms with E-state index in [2.05, 4.69) is 29.6 Å². The van der Waals surface area contributed by atoms with Crippen LogP contribution in [-0.4, -0.2) is 23.8 Å². The summed E-state index contributed by atoms with van der Waals surface area (Å²) in [5, 5.41) is 14.3. The smallest absolute Gasteiger partial charge is 0.240 e. The summed E-state index contributed by atoms with van der Waals surface area (Å²) in [6.45, 7) is 5.07. The van der Waals surface area contributed by atoms with Crippen LogP contribution in [0.4, 0.5) is 0 Å². The Morgan fingerprint density at radius 1 is 1.03 bits per heavy atom. The first-order valence-electron chi connectivity index (χ1n) is 11.0. The van der Waals surface area contributed by atoms with E-state index in [9.17, 15) is 9.90 Å². The molecule has 1 atom stereocenters. The lowest BCUT2D eigenvalue weighted by Gasteiger charge is -2.11. The lowest BCUT2D eigenvalue weighted by atomic mass is 10.0. The molecule has 0 aliphatic heterocycles. The number of carbonyl (C=O) groups excluding carboxylic acids is 1. The zero-order valence-electron chi connectivity index (χ0n) is 19.0. The van der Waals surface area contributed by atoms with E-state index in [1.807, 2.05) is 55.5 Å². The molecule has 0 aliphatic rings. The van der Waals surface area contributed by atoms with Crippen molar-refractivity contribution in [1.82, 2.24) is 5.43 Å². The summed E-state index contributed by atoms with van der Waals surface area (Å²) in [7, 11) is 0. The van der Waals surface area contributed by atoms with Crippen molar-refractivity contribution in [3.8, 4) is 11.5 Å². The van der Waals surface area contributed by atoms with Gasteiger partial charge in [0, 0.05) is 6.42 Å². The van der Waals surface area contributed by atoms with E-state index >= 15 is 0 Å². The number of aliphatic hydroxyl groups is 1. The molecule has 3 aromatic rings. The monoisotopic (exact) mass is 446 g/mol. The molecule has 1 amide bonds. The van der Waals surface area contributed by atoms with Gasteiger partial charge in [-0.15, -0.1) is 0 Å². The predicted octanol–water partition coefficient (Wildman–Crippen LogP) is 4.94. The third kappa shape index (κ3) is 8.09. The summed E-state index contributed by atoms with van der Waals surface area (Å²) in [5.41, 5.74) is 6.41. The Balaban J connectivity index is 1.39. The fourth-order valence-corrected chi connectivity index (χ4v) is 3.24. The average molecular weight is 447 g/mol. The average Bonchev–Trinajstić information content (AvgIpc) is 2.83. The maximum absolute atomic E-state index is 12.0. The number of rotatable bonds is 11. The summed E-state index contributed by atoms with van der Waals surface area (Å²) in [4.78, 5) is 12.0. The van der Waals surface area contributed by atoms with Crippen molar-refractivity contribution in [3.05, 3.63) is 95.1 Å². The number of hydrogen-bond acceptors (Lipinski definition) is 5. The summed E-state index contributed by atoms with van der Waals surface area (Å²) in [6, 6.07) is 22.9. The van der Waals surface area contributed by atoms with Gasteiger partial charge in [0.05, 0.1) is 18.9 Å². The van der Waals surface area contributed by atoms with E-state index in [-0.39, 0.29) is 12.3 Å². The molecule has 0 unspecified atom stereocenters. The van der Waals surface area contributed by atoms with E-state index < -0.39 is 6.10 Å². The topological polar surface area (TPSA) is 80.2 Å². The van der Waals surface area contributed by atoms with Gasteiger partial charge in [-0.05, 0) is 73.4 Å². The maximum atomic E-state index is 12.0. The normalized spacial score (nSPS) is 11.8. The van der Waals surface area contributed by atoms with Gasteiger partial charge in [-0.1, -0.05) is 42.0 Å². The summed E-state index contributed by atoms with van der Waals surface area (Å²) in [5.74, 6) is 1.27. The molecular weight excluding hydrogens is 416 g/mol. The zero-order valence-corrected chi connectivity index (χ0v) is 19.0. The summed E-state index contributed by atoms with van der Waals surface area (Å²) >= 11 is 0. The van der Waals surface area contributed by atoms with Crippen molar-refractivity contribution in [2.24, 2.45) is 5.10 Å². The molecule has 0 saturated carbocycles. The molecule has 6 nitrogen and oxygen atoms in total. The van der Waals surface area contributed by atoms with Crippen LogP contribution >= 0.6 is 0 Å². The molecule has 2 N–H and O–H groups in total. The van der Waals surface area contributed by atoms with Crippen LogP contribution in [0.1, 0.15) is 48.1 Å². The number of amides is 1. The SMILES string of the molecule is CCOc1ccc([C@H](O)CCC(=O)N/N=C\c2ccc(OCc3cccc(C)c3)cc2)cc1. The number of nitrogens with one attached hydrogen (secondary N) is 1. The largest absolute Gasteiger partial charge is 0.494 e. The molecule has 172 valence electrons. The Morgan fingerprint density at radius 2 is 1.73 bits per heavy atom. The van der Waals surface area contributed by atoms with Gasteiger partial charge in [-0.2, -0.15) is 5.10 Å². The summed E-state index contributed by atoms with van der Waals surface area (Å²) < 4.78 is 11.2. The predicted molar refractivity (Wildman–Crippen MR) is 129 cm³/mol. The molecule has 0 bridgehead atoms. The number of hydrazone groups is 1. The highest BCUT2D eigenvalue weighted by Gasteiger charge is 2.10. The zero-order chi connectivity index (χ0) is 23.5. The number of ether oxygens (including phenoxy) is 2. The molecule has 0 aromatic heterocycles. The minimum Gasteiger partial charge on any atom is -0.494 e. The van der Waals surface area contributed by atoms with Crippen LogP contribution in [0.15, 0.2) is 77.9 Å².